The van der Waals surface area contributed by atoms with Crippen LogP contribution in [0.5, 0.6) is 17.2 Å². The lowest BCUT2D eigenvalue weighted by Gasteiger charge is -2.20. The van der Waals surface area contributed by atoms with E-state index in [1.54, 1.807) is 19.1 Å². The van der Waals surface area contributed by atoms with Crippen molar-refractivity contribution in [1.82, 2.24) is 0 Å². The predicted molar refractivity (Wildman–Crippen MR) is 115 cm³/mol. The molecule has 0 saturated heterocycles. The number of fused-ring (bicyclic) bond motifs is 1. The molecule has 1 aromatic heterocycles. The van der Waals surface area contributed by atoms with Gasteiger partial charge in [0.05, 0.1) is 24.0 Å². The van der Waals surface area contributed by atoms with Gasteiger partial charge in [-0.3, -0.25) is 4.79 Å². The Labute approximate surface area is 184 Å². The number of rotatable bonds is 8. The molecule has 0 aliphatic rings. The molecule has 1 heterocycles. The van der Waals surface area contributed by atoms with Crippen molar-refractivity contribution in [3.63, 3.8) is 0 Å². The molecular formula is C24H27F3NO4+. The van der Waals surface area contributed by atoms with Crippen LogP contribution in [0.25, 0.3) is 11.0 Å². The Bertz CT molecular complexity index is 1150. The summed E-state index contributed by atoms with van der Waals surface area (Å²) in [5.74, 6) is -2.54. The van der Waals surface area contributed by atoms with Crippen LogP contribution in [0.15, 0.2) is 45.6 Å². The van der Waals surface area contributed by atoms with E-state index < -0.39 is 23.1 Å². The Kier molecular flexibility index (Phi) is 7.13. The molecule has 0 saturated carbocycles. The van der Waals surface area contributed by atoms with Crippen LogP contribution in [0.2, 0.25) is 0 Å². The van der Waals surface area contributed by atoms with E-state index in [9.17, 15) is 23.1 Å². The summed E-state index contributed by atoms with van der Waals surface area (Å²) in [6, 6.07) is 8.96. The van der Waals surface area contributed by atoms with E-state index in [-0.39, 0.29) is 34.6 Å². The highest BCUT2D eigenvalue weighted by atomic mass is 19.4. The summed E-state index contributed by atoms with van der Waals surface area (Å²) < 4.78 is 52.4. The zero-order chi connectivity index (χ0) is 23.5. The number of benzene rings is 2. The van der Waals surface area contributed by atoms with Crippen molar-refractivity contribution >= 4 is 11.0 Å². The number of nitrogens with one attached hydrogen (secondary N) is 1. The third-order valence-corrected chi connectivity index (χ3v) is 5.20. The number of quaternary nitrogens is 1. The second kappa shape index (κ2) is 9.65. The minimum absolute atomic E-state index is 0.0687. The zero-order valence-corrected chi connectivity index (χ0v) is 18.3. The predicted octanol–water partition coefficient (Wildman–Crippen LogP) is 4.82. The van der Waals surface area contributed by atoms with Crippen molar-refractivity contribution in [3.05, 3.63) is 63.5 Å². The second-order valence-electron chi connectivity index (χ2n) is 7.87. The topological polar surface area (TPSA) is 64.1 Å². The maximum Gasteiger partial charge on any atom is 0.453 e. The van der Waals surface area contributed by atoms with Crippen molar-refractivity contribution in [3.8, 4) is 17.2 Å². The van der Waals surface area contributed by atoms with Crippen molar-refractivity contribution < 1.29 is 32.3 Å². The van der Waals surface area contributed by atoms with E-state index in [0.717, 1.165) is 36.4 Å². The number of halogens is 3. The first-order chi connectivity index (χ1) is 15.2. The molecule has 3 aromatic rings. The largest absolute Gasteiger partial charge is 0.507 e. The lowest BCUT2D eigenvalue weighted by Crippen LogP contribution is -3.10. The quantitative estimate of drug-likeness (QED) is 0.516. The molecule has 5 nitrogen and oxygen atoms in total. The molecule has 0 radical (unpaired) electrons. The monoisotopic (exact) mass is 450 g/mol. The summed E-state index contributed by atoms with van der Waals surface area (Å²) in [5.41, 5.74) is -0.245. The molecule has 2 N–H and O–H groups in total. The van der Waals surface area contributed by atoms with Crippen molar-refractivity contribution in [2.45, 2.75) is 46.3 Å². The van der Waals surface area contributed by atoms with Gasteiger partial charge < -0.3 is 19.2 Å². The van der Waals surface area contributed by atoms with Gasteiger partial charge in [-0.1, -0.05) is 26.0 Å². The van der Waals surface area contributed by atoms with Gasteiger partial charge in [-0.05, 0) is 49.6 Å². The Morgan fingerprint density at radius 3 is 2.38 bits per heavy atom. The van der Waals surface area contributed by atoms with Crippen LogP contribution in [0.3, 0.4) is 0 Å². The van der Waals surface area contributed by atoms with Crippen LogP contribution < -0.4 is 15.1 Å². The van der Waals surface area contributed by atoms with E-state index in [1.807, 2.05) is 13.8 Å². The highest BCUT2D eigenvalue weighted by molar-refractivity contribution is 5.83. The van der Waals surface area contributed by atoms with Crippen molar-refractivity contribution in [2.24, 2.45) is 0 Å². The lowest BCUT2D eigenvalue weighted by atomic mass is 10.1. The lowest BCUT2D eigenvalue weighted by molar-refractivity contribution is -0.913. The Balaban J connectivity index is 2.22. The number of hydrogen-bond acceptors (Lipinski definition) is 4. The summed E-state index contributed by atoms with van der Waals surface area (Å²) >= 11 is 0. The summed E-state index contributed by atoms with van der Waals surface area (Å²) in [6.07, 6.45) is -3.23. The average molecular weight is 450 g/mol. The minimum atomic E-state index is -4.96. The van der Waals surface area contributed by atoms with E-state index >= 15 is 0 Å². The molecule has 0 unspecified atom stereocenters. The van der Waals surface area contributed by atoms with E-state index in [2.05, 4.69) is 0 Å². The van der Waals surface area contributed by atoms with Crippen LogP contribution in [-0.2, 0) is 12.7 Å². The number of phenolic OH excluding ortho intramolecular Hbond substituents is 1. The van der Waals surface area contributed by atoms with Gasteiger partial charge in [0.25, 0.3) is 5.76 Å². The standard InChI is InChI=1S/C24H26F3NO4/c1-4-11-28(12-5-2)14-18-19(29)10-9-17-20(30)22(23(24(25,26)27)32-21(17)18)31-16-8-6-7-15(3)13-16/h6-10,13,29H,4-5,11-12,14H2,1-3H3/p+1. The normalized spacial score (nSPS) is 12.0. The van der Waals surface area contributed by atoms with Gasteiger partial charge in [0.1, 0.15) is 18.0 Å². The Morgan fingerprint density at radius 2 is 1.78 bits per heavy atom. The van der Waals surface area contributed by atoms with E-state index in [1.165, 1.54) is 24.3 Å². The molecule has 0 bridgehead atoms. The number of aryl methyl sites for hydroxylation is 1. The van der Waals surface area contributed by atoms with Gasteiger partial charge >= 0.3 is 6.18 Å². The van der Waals surface area contributed by atoms with E-state index in [4.69, 9.17) is 9.15 Å². The van der Waals surface area contributed by atoms with E-state index in [0.29, 0.717) is 0 Å². The number of phenols is 1. The third-order valence-electron chi connectivity index (χ3n) is 5.20. The molecule has 172 valence electrons. The highest BCUT2D eigenvalue weighted by Gasteiger charge is 2.41. The van der Waals surface area contributed by atoms with Crippen LogP contribution >= 0.6 is 0 Å². The molecule has 32 heavy (non-hydrogen) atoms. The minimum Gasteiger partial charge on any atom is -0.507 e. The molecule has 0 spiro atoms. The molecule has 8 heteroatoms. The van der Waals surface area contributed by atoms with Gasteiger partial charge in [0.15, 0.2) is 5.58 Å². The molecular weight excluding hydrogens is 423 g/mol. The molecule has 3 rings (SSSR count). The third kappa shape index (κ3) is 5.07. The molecule has 2 aromatic carbocycles. The first-order valence-electron chi connectivity index (χ1n) is 10.6. The second-order valence-corrected chi connectivity index (χ2v) is 7.87. The first kappa shape index (κ1) is 23.7. The summed E-state index contributed by atoms with van der Waals surface area (Å²) in [5, 5.41) is 10.4. The zero-order valence-electron chi connectivity index (χ0n) is 18.3. The van der Waals surface area contributed by atoms with Gasteiger partial charge in [0, 0.05) is 0 Å². The number of ether oxygens (including phenoxy) is 1. The average Bonchev–Trinajstić information content (AvgIpc) is 2.71. The van der Waals surface area contributed by atoms with Gasteiger partial charge in [-0.25, -0.2) is 0 Å². The van der Waals surface area contributed by atoms with Gasteiger partial charge in [-0.15, -0.1) is 0 Å². The van der Waals surface area contributed by atoms with Crippen molar-refractivity contribution in [1.29, 1.82) is 0 Å². The van der Waals surface area contributed by atoms with Crippen LogP contribution in [0, 0.1) is 6.92 Å². The van der Waals surface area contributed by atoms with Crippen molar-refractivity contribution in [2.75, 3.05) is 13.1 Å². The molecule has 0 amide bonds. The summed E-state index contributed by atoms with van der Waals surface area (Å²) in [6.45, 7) is 7.56. The van der Waals surface area contributed by atoms with Gasteiger partial charge in [0.2, 0.25) is 11.2 Å². The maximum absolute atomic E-state index is 13.9. The first-order valence-corrected chi connectivity index (χ1v) is 10.6. The summed E-state index contributed by atoms with van der Waals surface area (Å²) in [4.78, 5) is 14.2. The fourth-order valence-corrected chi connectivity index (χ4v) is 3.79. The van der Waals surface area contributed by atoms with Crippen LogP contribution in [0.4, 0.5) is 13.2 Å². The Hall–Kier alpha value is -3.00. The molecule has 0 fully saturated rings. The molecule has 0 aliphatic heterocycles. The maximum atomic E-state index is 13.9. The fraction of sp³-hybridized carbons (Fsp3) is 0.375. The van der Waals surface area contributed by atoms with Gasteiger partial charge in [-0.2, -0.15) is 13.2 Å². The molecule has 0 aliphatic carbocycles. The highest BCUT2D eigenvalue weighted by Crippen LogP contribution is 2.39. The smallest absolute Gasteiger partial charge is 0.453 e. The van der Waals surface area contributed by atoms with Crippen LogP contribution in [-0.4, -0.2) is 18.2 Å². The Morgan fingerprint density at radius 1 is 1.09 bits per heavy atom. The fourth-order valence-electron chi connectivity index (χ4n) is 3.79. The number of aromatic hydroxyl groups is 1. The number of hydrogen-bond donors (Lipinski definition) is 2. The summed E-state index contributed by atoms with van der Waals surface area (Å²) in [7, 11) is 0. The number of alkyl halides is 3. The SMILES string of the molecule is CCC[NH+](CCC)Cc1c(O)ccc2c(=O)c(Oc3cccc(C)c3)c(C(F)(F)F)oc12. The molecule has 0 atom stereocenters. The van der Waals surface area contributed by atoms with Crippen LogP contribution in [0.1, 0.15) is 43.6 Å².